The monoisotopic (exact) mass is 282 g/mol. The molecule has 0 spiro atoms. The van der Waals surface area contributed by atoms with E-state index in [2.05, 4.69) is 10.0 Å². The molecule has 0 aromatic heterocycles. The number of amides is 1. The van der Waals surface area contributed by atoms with Gasteiger partial charge in [-0.1, -0.05) is 16.7 Å². The van der Waals surface area contributed by atoms with Crippen molar-refractivity contribution in [2.45, 2.75) is 13.0 Å². The van der Waals surface area contributed by atoms with Crippen LogP contribution in [0, 0.1) is 11.7 Å². The highest BCUT2D eigenvalue weighted by atomic mass is 35.5. The van der Waals surface area contributed by atoms with Gasteiger partial charge in [-0.05, 0) is 35.2 Å². The summed E-state index contributed by atoms with van der Waals surface area (Å²) in [4.78, 5) is 16.1. The van der Waals surface area contributed by atoms with Crippen LogP contribution in [0.3, 0.4) is 0 Å². The summed E-state index contributed by atoms with van der Waals surface area (Å²) in [6.07, 6.45) is 0.353. The quantitative estimate of drug-likeness (QED) is 0.475. The summed E-state index contributed by atoms with van der Waals surface area (Å²) in [5.41, 5.74) is 8.84. The predicted molar refractivity (Wildman–Crippen MR) is 68.9 cm³/mol. The number of nitrogens with zero attached hydrogens (tertiary/aromatic N) is 4. The van der Waals surface area contributed by atoms with Crippen molar-refractivity contribution in [3.05, 3.63) is 45.0 Å². The second-order valence-electron chi connectivity index (χ2n) is 4.49. The fourth-order valence-corrected chi connectivity index (χ4v) is 2.33. The van der Waals surface area contributed by atoms with Crippen molar-refractivity contribution in [3.63, 3.8) is 0 Å². The van der Waals surface area contributed by atoms with Gasteiger partial charge in [0, 0.05) is 36.0 Å². The molecule has 1 saturated heterocycles. The molecule has 1 atom stereocenters. The molecule has 0 aliphatic carbocycles. The molecule has 2 rings (SSSR count). The van der Waals surface area contributed by atoms with Crippen molar-refractivity contribution in [2.75, 3.05) is 13.1 Å². The molecular formula is C12H12ClFN4O. The molecule has 1 aliphatic rings. The van der Waals surface area contributed by atoms with Crippen LogP contribution in [0.15, 0.2) is 23.3 Å². The molecule has 1 fully saturated rings. The number of halogens is 2. The van der Waals surface area contributed by atoms with Gasteiger partial charge in [0.1, 0.15) is 5.82 Å². The van der Waals surface area contributed by atoms with Crippen LogP contribution in [0.25, 0.3) is 10.4 Å². The van der Waals surface area contributed by atoms with E-state index in [0.29, 0.717) is 30.1 Å². The fraction of sp³-hybridized carbons (Fsp3) is 0.417. The first-order valence-electron chi connectivity index (χ1n) is 5.82. The number of hydrogen-bond acceptors (Lipinski definition) is 2. The van der Waals surface area contributed by atoms with Crippen molar-refractivity contribution < 1.29 is 9.18 Å². The van der Waals surface area contributed by atoms with Gasteiger partial charge in [-0.15, -0.1) is 0 Å². The summed E-state index contributed by atoms with van der Waals surface area (Å²) in [6, 6.07) is 4.09. The summed E-state index contributed by atoms with van der Waals surface area (Å²) < 4.78 is 13.1. The molecule has 1 aliphatic heterocycles. The maximum atomic E-state index is 13.1. The zero-order chi connectivity index (χ0) is 13.8. The summed E-state index contributed by atoms with van der Waals surface area (Å²) in [5.74, 6) is -0.383. The van der Waals surface area contributed by atoms with E-state index in [1.165, 1.54) is 18.2 Å². The van der Waals surface area contributed by atoms with Crippen LogP contribution in [0.4, 0.5) is 4.39 Å². The first kappa shape index (κ1) is 13.6. The second-order valence-corrected chi connectivity index (χ2v) is 4.90. The van der Waals surface area contributed by atoms with Crippen LogP contribution in [-0.4, -0.2) is 23.9 Å². The van der Waals surface area contributed by atoms with Crippen molar-refractivity contribution in [1.82, 2.24) is 4.90 Å². The van der Waals surface area contributed by atoms with Gasteiger partial charge in [-0.3, -0.25) is 4.79 Å². The zero-order valence-electron chi connectivity index (χ0n) is 10.1. The first-order valence-corrected chi connectivity index (χ1v) is 6.20. The Balaban J connectivity index is 2.05. The lowest BCUT2D eigenvalue weighted by atomic mass is 10.1. The molecule has 5 nitrogen and oxygen atoms in total. The molecule has 1 amide bonds. The van der Waals surface area contributed by atoms with E-state index in [-0.39, 0.29) is 24.2 Å². The number of likely N-dealkylation sites (tertiary alicyclic amines) is 1. The molecular weight excluding hydrogens is 271 g/mol. The standard InChI is InChI=1S/C12H12ClFN4O/c13-11-2-1-10(14)4-9(11)7-18-6-8(3-12(18)19)5-16-17-15/h1-2,4,8H,3,5-7H2. The van der Waals surface area contributed by atoms with Gasteiger partial charge >= 0.3 is 0 Å². The Labute approximate surface area is 114 Å². The lowest BCUT2D eigenvalue weighted by Crippen LogP contribution is -2.25. The number of hydrogen-bond donors (Lipinski definition) is 0. The highest BCUT2D eigenvalue weighted by Crippen LogP contribution is 2.24. The third-order valence-electron chi connectivity index (χ3n) is 3.07. The largest absolute Gasteiger partial charge is 0.338 e. The van der Waals surface area contributed by atoms with Gasteiger partial charge < -0.3 is 4.90 Å². The Morgan fingerprint density at radius 3 is 3.11 bits per heavy atom. The van der Waals surface area contributed by atoms with Gasteiger partial charge in [-0.2, -0.15) is 0 Å². The molecule has 100 valence electrons. The smallest absolute Gasteiger partial charge is 0.223 e. The van der Waals surface area contributed by atoms with Gasteiger partial charge in [0.05, 0.1) is 0 Å². The number of carbonyl (C=O) groups is 1. The molecule has 1 unspecified atom stereocenters. The maximum Gasteiger partial charge on any atom is 0.223 e. The molecule has 1 heterocycles. The topological polar surface area (TPSA) is 69.1 Å². The number of rotatable bonds is 4. The Hall–Kier alpha value is -1.78. The van der Waals surface area contributed by atoms with Crippen LogP contribution < -0.4 is 0 Å². The molecule has 1 aromatic carbocycles. The molecule has 7 heteroatoms. The molecule has 1 aromatic rings. The SMILES string of the molecule is [N-]=[N+]=NCC1CC(=O)N(Cc2cc(F)ccc2Cl)C1. The number of benzene rings is 1. The first-order chi connectivity index (χ1) is 9.10. The fourth-order valence-electron chi connectivity index (χ4n) is 2.15. The van der Waals surface area contributed by atoms with Gasteiger partial charge in [0.2, 0.25) is 5.91 Å². The minimum absolute atomic E-state index is 0.0238. The minimum Gasteiger partial charge on any atom is -0.338 e. The van der Waals surface area contributed by atoms with Crippen LogP contribution in [0.1, 0.15) is 12.0 Å². The highest BCUT2D eigenvalue weighted by molar-refractivity contribution is 6.31. The van der Waals surface area contributed by atoms with E-state index in [4.69, 9.17) is 17.1 Å². The van der Waals surface area contributed by atoms with Gasteiger partial charge in [0.25, 0.3) is 0 Å². The Kier molecular flexibility index (Phi) is 4.24. The molecule has 19 heavy (non-hydrogen) atoms. The minimum atomic E-state index is -0.378. The van der Waals surface area contributed by atoms with E-state index in [1.54, 1.807) is 4.90 Å². The normalized spacial score (nSPS) is 18.5. The summed E-state index contributed by atoms with van der Waals surface area (Å²) in [5, 5.41) is 3.91. The van der Waals surface area contributed by atoms with Crippen molar-refractivity contribution in [2.24, 2.45) is 11.0 Å². The van der Waals surface area contributed by atoms with Gasteiger partial charge in [-0.25, -0.2) is 4.39 Å². The zero-order valence-corrected chi connectivity index (χ0v) is 10.8. The Bertz CT molecular complexity index is 545. The summed E-state index contributed by atoms with van der Waals surface area (Å²) in [6.45, 7) is 1.09. The van der Waals surface area contributed by atoms with Crippen molar-refractivity contribution in [1.29, 1.82) is 0 Å². The third kappa shape index (κ3) is 3.36. The average molecular weight is 283 g/mol. The van der Waals surface area contributed by atoms with E-state index in [1.807, 2.05) is 0 Å². The number of carbonyl (C=O) groups excluding carboxylic acids is 1. The molecule has 0 N–H and O–H groups in total. The lowest BCUT2D eigenvalue weighted by Gasteiger charge is -2.17. The summed E-state index contributed by atoms with van der Waals surface area (Å²) >= 11 is 5.97. The van der Waals surface area contributed by atoms with Crippen LogP contribution >= 0.6 is 11.6 Å². The van der Waals surface area contributed by atoms with Crippen LogP contribution in [0.5, 0.6) is 0 Å². The third-order valence-corrected chi connectivity index (χ3v) is 3.44. The van der Waals surface area contributed by atoms with E-state index in [0.717, 1.165) is 0 Å². The second kappa shape index (κ2) is 5.91. The van der Waals surface area contributed by atoms with E-state index < -0.39 is 0 Å². The van der Waals surface area contributed by atoms with Crippen LogP contribution in [-0.2, 0) is 11.3 Å². The Morgan fingerprint density at radius 1 is 1.58 bits per heavy atom. The molecule has 0 saturated carbocycles. The number of azide groups is 1. The lowest BCUT2D eigenvalue weighted by molar-refractivity contribution is -0.128. The van der Waals surface area contributed by atoms with E-state index in [9.17, 15) is 9.18 Å². The summed E-state index contributed by atoms with van der Waals surface area (Å²) in [7, 11) is 0. The maximum absolute atomic E-state index is 13.1. The van der Waals surface area contributed by atoms with Crippen molar-refractivity contribution in [3.8, 4) is 0 Å². The van der Waals surface area contributed by atoms with Gasteiger partial charge in [0.15, 0.2) is 0 Å². The van der Waals surface area contributed by atoms with E-state index >= 15 is 0 Å². The average Bonchev–Trinajstić information content (AvgIpc) is 2.72. The van der Waals surface area contributed by atoms with Crippen molar-refractivity contribution >= 4 is 17.5 Å². The van der Waals surface area contributed by atoms with Crippen LogP contribution in [0.2, 0.25) is 5.02 Å². The Morgan fingerprint density at radius 2 is 2.37 bits per heavy atom. The highest BCUT2D eigenvalue weighted by Gasteiger charge is 2.29. The molecule has 0 bridgehead atoms. The molecule has 0 radical (unpaired) electrons. The predicted octanol–water partition coefficient (Wildman–Crippen LogP) is 3.14.